The van der Waals surface area contributed by atoms with Crippen molar-refractivity contribution in [1.82, 2.24) is 0 Å². The Labute approximate surface area is 75.0 Å². The number of halogens is 2. The van der Waals surface area contributed by atoms with Gasteiger partial charge in [0.2, 0.25) is 0 Å². The van der Waals surface area contributed by atoms with Crippen molar-refractivity contribution in [2.24, 2.45) is 0 Å². The van der Waals surface area contributed by atoms with Gasteiger partial charge in [-0.2, -0.15) is 8.78 Å². The van der Waals surface area contributed by atoms with Gasteiger partial charge in [-0.25, -0.2) is 0 Å². The Hall–Kier alpha value is -0.550. The van der Waals surface area contributed by atoms with E-state index < -0.39 is 11.5 Å². The molecule has 0 aromatic heterocycles. The van der Waals surface area contributed by atoms with Gasteiger partial charge < -0.3 is 9.47 Å². The standard InChI is InChI=1S/C8H12F2O3/c1-12-7(8(9,10)6-11)2-4-13-5-3-7/h6H,2-5H2,1H3. The first kappa shape index (κ1) is 10.5. The van der Waals surface area contributed by atoms with Gasteiger partial charge in [-0.15, -0.1) is 0 Å². The van der Waals surface area contributed by atoms with Gasteiger partial charge in [0.15, 0.2) is 6.29 Å². The average molecular weight is 194 g/mol. The Balaban J connectivity index is 2.84. The van der Waals surface area contributed by atoms with E-state index in [1.165, 1.54) is 7.11 Å². The zero-order chi connectivity index (χ0) is 9.95. The van der Waals surface area contributed by atoms with E-state index in [4.69, 9.17) is 9.47 Å². The summed E-state index contributed by atoms with van der Waals surface area (Å²) in [4.78, 5) is 10.2. The van der Waals surface area contributed by atoms with Crippen molar-refractivity contribution < 1.29 is 23.0 Å². The molecule has 0 spiro atoms. The Morgan fingerprint density at radius 2 is 2.00 bits per heavy atom. The highest BCUT2D eigenvalue weighted by molar-refractivity contribution is 5.62. The Kier molecular flexibility index (Phi) is 2.98. The first-order valence-corrected chi connectivity index (χ1v) is 4.05. The second kappa shape index (κ2) is 3.67. The molecule has 1 aliphatic heterocycles. The molecule has 0 aromatic carbocycles. The quantitative estimate of drug-likeness (QED) is 0.629. The predicted octanol–water partition coefficient (Wildman–Crippen LogP) is 1.02. The minimum Gasteiger partial charge on any atom is -0.381 e. The second-order valence-electron chi connectivity index (χ2n) is 3.05. The number of rotatable bonds is 3. The molecule has 3 nitrogen and oxygen atoms in total. The maximum atomic E-state index is 13.1. The Bertz CT molecular complexity index is 188. The van der Waals surface area contributed by atoms with Crippen molar-refractivity contribution in [2.75, 3.05) is 20.3 Å². The van der Waals surface area contributed by atoms with Crippen LogP contribution in [0.2, 0.25) is 0 Å². The first-order valence-electron chi connectivity index (χ1n) is 4.05. The lowest BCUT2D eigenvalue weighted by atomic mass is 9.88. The first-order chi connectivity index (χ1) is 6.08. The van der Waals surface area contributed by atoms with Gasteiger partial charge in [-0.1, -0.05) is 0 Å². The molecule has 0 N–H and O–H groups in total. The maximum Gasteiger partial charge on any atom is 0.330 e. The molecule has 76 valence electrons. The Morgan fingerprint density at radius 1 is 1.46 bits per heavy atom. The number of hydrogen-bond donors (Lipinski definition) is 0. The number of methoxy groups -OCH3 is 1. The molecule has 0 radical (unpaired) electrons. The molecule has 1 fully saturated rings. The lowest BCUT2D eigenvalue weighted by Gasteiger charge is -2.38. The van der Waals surface area contributed by atoms with Gasteiger partial charge in [-0.05, 0) is 0 Å². The van der Waals surface area contributed by atoms with E-state index in [0.29, 0.717) is 0 Å². The molecule has 0 unspecified atom stereocenters. The van der Waals surface area contributed by atoms with Crippen molar-refractivity contribution in [1.29, 1.82) is 0 Å². The summed E-state index contributed by atoms with van der Waals surface area (Å²) in [5.74, 6) is -3.43. The van der Waals surface area contributed by atoms with Crippen LogP contribution in [-0.4, -0.2) is 38.1 Å². The van der Waals surface area contributed by atoms with E-state index in [-0.39, 0.29) is 32.3 Å². The van der Waals surface area contributed by atoms with Gasteiger partial charge in [-0.3, -0.25) is 4.79 Å². The monoisotopic (exact) mass is 194 g/mol. The molecule has 1 saturated heterocycles. The van der Waals surface area contributed by atoms with Gasteiger partial charge in [0.05, 0.1) is 0 Å². The summed E-state index contributed by atoms with van der Waals surface area (Å²) >= 11 is 0. The van der Waals surface area contributed by atoms with Crippen LogP contribution < -0.4 is 0 Å². The third-order valence-electron chi connectivity index (χ3n) is 2.45. The summed E-state index contributed by atoms with van der Waals surface area (Å²) in [6.45, 7) is 0.411. The van der Waals surface area contributed by atoms with Crippen molar-refractivity contribution in [3.05, 3.63) is 0 Å². The van der Waals surface area contributed by atoms with Crippen LogP contribution in [0.4, 0.5) is 8.78 Å². The Morgan fingerprint density at radius 3 is 2.38 bits per heavy atom. The number of carbonyl (C=O) groups excluding carboxylic acids is 1. The van der Waals surface area contributed by atoms with Crippen LogP contribution in [-0.2, 0) is 14.3 Å². The normalized spacial score (nSPS) is 22.7. The predicted molar refractivity (Wildman–Crippen MR) is 40.8 cm³/mol. The summed E-state index contributed by atoms with van der Waals surface area (Å²) in [7, 11) is 1.20. The fourth-order valence-corrected chi connectivity index (χ4v) is 1.48. The molecule has 0 saturated carbocycles. The van der Waals surface area contributed by atoms with Crippen LogP contribution in [0.25, 0.3) is 0 Å². The number of aldehydes is 1. The summed E-state index contributed by atoms with van der Waals surface area (Å²) in [5.41, 5.74) is -1.66. The number of hydrogen-bond acceptors (Lipinski definition) is 3. The van der Waals surface area contributed by atoms with Crippen LogP contribution in [0.15, 0.2) is 0 Å². The molecule has 5 heteroatoms. The summed E-state index contributed by atoms with van der Waals surface area (Å²) in [5, 5.41) is 0. The fourth-order valence-electron chi connectivity index (χ4n) is 1.48. The molecule has 0 atom stereocenters. The molecule has 1 heterocycles. The van der Waals surface area contributed by atoms with E-state index in [1.807, 2.05) is 0 Å². The van der Waals surface area contributed by atoms with Gasteiger partial charge >= 0.3 is 5.92 Å². The smallest absolute Gasteiger partial charge is 0.330 e. The SMILES string of the molecule is COC1(C(F)(F)C=O)CCOCC1. The number of alkyl halides is 2. The van der Waals surface area contributed by atoms with Gasteiger partial charge in [0, 0.05) is 33.2 Å². The summed E-state index contributed by atoms with van der Waals surface area (Å²) in [6, 6.07) is 0. The van der Waals surface area contributed by atoms with E-state index in [2.05, 4.69) is 0 Å². The van der Waals surface area contributed by atoms with Crippen LogP contribution in [0.3, 0.4) is 0 Å². The highest BCUT2D eigenvalue weighted by atomic mass is 19.3. The number of carbonyl (C=O) groups is 1. The van der Waals surface area contributed by atoms with Crippen LogP contribution in [0.5, 0.6) is 0 Å². The molecule has 0 amide bonds. The molecule has 1 aliphatic rings. The second-order valence-corrected chi connectivity index (χ2v) is 3.05. The summed E-state index contributed by atoms with van der Waals surface area (Å²) in [6.07, 6.45) is -0.244. The summed E-state index contributed by atoms with van der Waals surface area (Å²) < 4.78 is 36.0. The van der Waals surface area contributed by atoms with Crippen molar-refractivity contribution in [2.45, 2.75) is 24.4 Å². The minimum atomic E-state index is -3.43. The molecule has 13 heavy (non-hydrogen) atoms. The minimum absolute atomic E-state index is 0.0508. The van der Waals surface area contributed by atoms with E-state index >= 15 is 0 Å². The highest BCUT2D eigenvalue weighted by Crippen LogP contribution is 2.38. The molecular weight excluding hydrogens is 182 g/mol. The van der Waals surface area contributed by atoms with Crippen LogP contribution in [0, 0.1) is 0 Å². The lowest BCUT2D eigenvalue weighted by molar-refractivity contribution is -0.214. The van der Waals surface area contributed by atoms with Crippen molar-refractivity contribution in [3.8, 4) is 0 Å². The van der Waals surface area contributed by atoms with Crippen LogP contribution in [0.1, 0.15) is 12.8 Å². The van der Waals surface area contributed by atoms with Crippen LogP contribution >= 0.6 is 0 Å². The van der Waals surface area contributed by atoms with Gasteiger partial charge in [0.25, 0.3) is 0 Å². The zero-order valence-electron chi connectivity index (χ0n) is 7.39. The average Bonchev–Trinajstić information content (AvgIpc) is 2.18. The molecular formula is C8H12F2O3. The molecule has 0 aromatic rings. The van der Waals surface area contributed by atoms with E-state index in [1.54, 1.807) is 0 Å². The molecule has 0 aliphatic carbocycles. The molecule has 1 rings (SSSR count). The largest absolute Gasteiger partial charge is 0.381 e. The zero-order valence-corrected chi connectivity index (χ0v) is 7.39. The van der Waals surface area contributed by atoms with Crippen molar-refractivity contribution in [3.63, 3.8) is 0 Å². The molecule has 0 bridgehead atoms. The van der Waals surface area contributed by atoms with Gasteiger partial charge in [0.1, 0.15) is 5.60 Å². The third kappa shape index (κ3) is 1.71. The third-order valence-corrected chi connectivity index (χ3v) is 2.45. The fraction of sp³-hybridized carbons (Fsp3) is 0.875. The maximum absolute atomic E-state index is 13.1. The topological polar surface area (TPSA) is 35.5 Å². The lowest BCUT2D eigenvalue weighted by Crippen LogP contribution is -2.54. The highest BCUT2D eigenvalue weighted by Gasteiger charge is 2.54. The number of ether oxygens (including phenoxy) is 2. The van der Waals surface area contributed by atoms with E-state index in [0.717, 1.165) is 0 Å². The van der Waals surface area contributed by atoms with Crippen molar-refractivity contribution >= 4 is 6.29 Å². The van der Waals surface area contributed by atoms with E-state index in [9.17, 15) is 13.6 Å².